The van der Waals surface area contributed by atoms with Crippen LogP contribution in [0, 0.1) is 19.8 Å². The third-order valence-corrected chi connectivity index (χ3v) is 3.67. The first-order valence-corrected chi connectivity index (χ1v) is 7.33. The maximum atomic E-state index is 5.47. The largest absolute Gasteiger partial charge is 0.496 e. The van der Waals surface area contributed by atoms with Gasteiger partial charge in [0.2, 0.25) is 0 Å². The second-order valence-corrected chi connectivity index (χ2v) is 5.23. The first kappa shape index (κ1) is 16.0. The van der Waals surface area contributed by atoms with Crippen molar-refractivity contribution in [3.63, 3.8) is 0 Å². The first-order chi connectivity index (χ1) is 9.13. The fourth-order valence-electron chi connectivity index (χ4n) is 2.39. The van der Waals surface area contributed by atoms with Gasteiger partial charge in [0, 0.05) is 23.0 Å². The van der Waals surface area contributed by atoms with Crippen LogP contribution in [0.4, 0.5) is 0 Å². The van der Waals surface area contributed by atoms with E-state index >= 15 is 0 Å². The lowest BCUT2D eigenvalue weighted by Gasteiger charge is -2.18. The molecule has 1 aromatic rings. The van der Waals surface area contributed by atoms with Gasteiger partial charge in [-0.05, 0) is 45.7 Å². The number of hydrogen-bond acceptors (Lipinski definition) is 3. The predicted octanol–water partition coefficient (Wildman–Crippen LogP) is 3.28. The molecule has 1 rings (SSSR count). The summed E-state index contributed by atoms with van der Waals surface area (Å²) in [5.41, 5.74) is 3.48. The van der Waals surface area contributed by atoms with Gasteiger partial charge in [-0.2, -0.15) is 0 Å². The standard InChI is InChI=1S/C16H28N2O/c1-6-8-17-11-14(7-2)9-15-13(4)16(19-5)12(3)10-18-15/h10,14,17H,6-9,11H2,1-5H3. The lowest BCUT2D eigenvalue weighted by Crippen LogP contribution is -2.25. The number of hydrogen-bond donors (Lipinski definition) is 1. The molecule has 0 spiro atoms. The molecule has 0 bridgehead atoms. The van der Waals surface area contributed by atoms with Crippen LogP contribution in [0.5, 0.6) is 5.75 Å². The van der Waals surface area contributed by atoms with E-state index in [0.29, 0.717) is 5.92 Å². The normalized spacial score (nSPS) is 12.5. The summed E-state index contributed by atoms with van der Waals surface area (Å²) in [4.78, 5) is 4.59. The quantitative estimate of drug-likeness (QED) is 0.732. The van der Waals surface area contributed by atoms with Gasteiger partial charge in [0.05, 0.1) is 7.11 Å². The summed E-state index contributed by atoms with van der Waals surface area (Å²) in [5.74, 6) is 1.63. The van der Waals surface area contributed by atoms with Crippen LogP contribution in [0.2, 0.25) is 0 Å². The van der Waals surface area contributed by atoms with Crippen LogP contribution in [0.3, 0.4) is 0 Å². The summed E-state index contributed by atoms with van der Waals surface area (Å²) in [6, 6.07) is 0. The molecule has 0 aromatic carbocycles. The molecule has 0 fully saturated rings. The van der Waals surface area contributed by atoms with Crippen molar-refractivity contribution in [3.8, 4) is 5.75 Å². The van der Waals surface area contributed by atoms with Crippen molar-refractivity contribution in [2.45, 2.75) is 47.0 Å². The van der Waals surface area contributed by atoms with Gasteiger partial charge in [-0.1, -0.05) is 20.3 Å². The molecule has 0 aliphatic carbocycles. The van der Waals surface area contributed by atoms with Gasteiger partial charge in [-0.3, -0.25) is 4.98 Å². The van der Waals surface area contributed by atoms with Gasteiger partial charge in [-0.15, -0.1) is 0 Å². The molecule has 3 heteroatoms. The Morgan fingerprint density at radius 2 is 2.05 bits per heavy atom. The molecular formula is C16H28N2O. The molecule has 1 atom stereocenters. The third kappa shape index (κ3) is 4.50. The van der Waals surface area contributed by atoms with E-state index in [2.05, 4.69) is 31.1 Å². The van der Waals surface area contributed by atoms with E-state index in [1.807, 2.05) is 13.1 Å². The topological polar surface area (TPSA) is 34.2 Å². The number of aromatic nitrogens is 1. The highest BCUT2D eigenvalue weighted by Crippen LogP contribution is 2.25. The monoisotopic (exact) mass is 264 g/mol. The molecule has 0 saturated heterocycles. The van der Waals surface area contributed by atoms with E-state index in [1.165, 1.54) is 24.1 Å². The molecule has 1 heterocycles. The van der Waals surface area contributed by atoms with Gasteiger partial charge in [-0.25, -0.2) is 0 Å². The fourth-order valence-corrected chi connectivity index (χ4v) is 2.39. The van der Waals surface area contributed by atoms with Gasteiger partial charge in [0.25, 0.3) is 0 Å². The molecule has 1 aromatic heterocycles. The van der Waals surface area contributed by atoms with Crippen LogP contribution in [0.25, 0.3) is 0 Å². The molecule has 1 unspecified atom stereocenters. The van der Waals surface area contributed by atoms with Crippen LogP contribution >= 0.6 is 0 Å². The third-order valence-electron chi connectivity index (χ3n) is 3.67. The highest BCUT2D eigenvalue weighted by Gasteiger charge is 2.14. The molecular weight excluding hydrogens is 236 g/mol. The number of nitrogens with zero attached hydrogens (tertiary/aromatic N) is 1. The number of pyridine rings is 1. The number of nitrogens with one attached hydrogen (secondary N) is 1. The summed E-state index contributed by atoms with van der Waals surface area (Å²) < 4.78 is 5.47. The summed E-state index contributed by atoms with van der Waals surface area (Å²) >= 11 is 0. The number of ether oxygens (including phenoxy) is 1. The van der Waals surface area contributed by atoms with E-state index in [-0.39, 0.29) is 0 Å². The van der Waals surface area contributed by atoms with E-state index in [0.717, 1.165) is 30.8 Å². The Hall–Kier alpha value is -1.09. The summed E-state index contributed by atoms with van der Waals surface area (Å²) in [7, 11) is 1.74. The van der Waals surface area contributed by atoms with Gasteiger partial charge < -0.3 is 10.1 Å². The van der Waals surface area contributed by atoms with Crippen LogP contribution in [0.1, 0.15) is 43.5 Å². The average molecular weight is 264 g/mol. The Bertz CT molecular complexity index is 391. The minimum absolute atomic E-state index is 0.644. The van der Waals surface area contributed by atoms with Crippen LogP contribution in [-0.4, -0.2) is 25.2 Å². The SMILES string of the molecule is CCCNCC(CC)Cc1ncc(C)c(OC)c1C. The maximum Gasteiger partial charge on any atom is 0.128 e. The van der Waals surface area contributed by atoms with Crippen molar-refractivity contribution in [3.05, 3.63) is 23.0 Å². The Labute approximate surface area is 117 Å². The van der Waals surface area contributed by atoms with Crippen molar-refractivity contribution >= 4 is 0 Å². The van der Waals surface area contributed by atoms with Crippen molar-refractivity contribution in [1.82, 2.24) is 10.3 Å². The lowest BCUT2D eigenvalue weighted by atomic mass is 9.96. The second-order valence-electron chi connectivity index (χ2n) is 5.23. The van der Waals surface area contributed by atoms with Gasteiger partial charge >= 0.3 is 0 Å². The van der Waals surface area contributed by atoms with Crippen molar-refractivity contribution in [1.29, 1.82) is 0 Å². The highest BCUT2D eigenvalue weighted by molar-refractivity contribution is 5.41. The summed E-state index contributed by atoms with van der Waals surface area (Å²) in [5, 5.41) is 3.51. The van der Waals surface area contributed by atoms with E-state index in [9.17, 15) is 0 Å². The molecule has 0 aliphatic heterocycles. The molecule has 0 aliphatic rings. The van der Waals surface area contributed by atoms with Crippen LogP contribution < -0.4 is 10.1 Å². The van der Waals surface area contributed by atoms with Crippen molar-refractivity contribution < 1.29 is 4.74 Å². The molecule has 19 heavy (non-hydrogen) atoms. The van der Waals surface area contributed by atoms with Crippen LogP contribution in [-0.2, 0) is 6.42 Å². The minimum atomic E-state index is 0.644. The Morgan fingerprint density at radius 3 is 2.63 bits per heavy atom. The number of aryl methyl sites for hydroxylation is 1. The zero-order valence-electron chi connectivity index (χ0n) is 13.0. The second kappa shape index (κ2) is 8.16. The number of methoxy groups -OCH3 is 1. The minimum Gasteiger partial charge on any atom is -0.496 e. The molecule has 1 N–H and O–H groups in total. The van der Waals surface area contributed by atoms with Crippen LogP contribution in [0.15, 0.2) is 6.20 Å². The highest BCUT2D eigenvalue weighted by atomic mass is 16.5. The molecule has 0 saturated carbocycles. The van der Waals surface area contributed by atoms with E-state index in [4.69, 9.17) is 4.74 Å². The Morgan fingerprint density at radius 1 is 1.32 bits per heavy atom. The molecule has 0 amide bonds. The first-order valence-electron chi connectivity index (χ1n) is 7.33. The average Bonchev–Trinajstić information content (AvgIpc) is 2.41. The summed E-state index contributed by atoms with van der Waals surface area (Å²) in [6.07, 6.45) is 5.31. The molecule has 0 radical (unpaired) electrons. The summed E-state index contributed by atoms with van der Waals surface area (Å²) in [6.45, 7) is 10.8. The Balaban J connectivity index is 2.74. The lowest BCUT2D eigenvalue weighted by molar-refractivity contribution is 0.404. The zero-order valence-corrected chi connectivity index (χ0v) is 13.0. The Kier molecular flexibility index (Phi) is 6.85. The predicted molar refractivity (Wildman–Crippen MR) is 80.9 cm³/mol. The van der Waals surface area contributed by atoms with Gasteiger partial charge in [0.15, 0.2) is 0 Å². The number of rotatable bonds is 8. The van der Waals surface area contributed by atoms with E-state index in [1.54, 1.807) is 7.11 Å². The van der Waals surface area contributed by atoms with Crippen molar-refractivity contribution in [2.24, 2.45) is 5.92 Å². The zero-order chi connectivity index (χ0) is 14.3. The van der Waals surface area contributed by atoms with Crippen molar-refractivity contribution in [2.75, 3.05) is 20.2 Å². The maximum absolute atomic E-state index is 5.47. The van der Waals surface area contributed by atoms with Gasteiger partial charge in [0.1, 0.15) is 5.75 Å². The fraction of sp³-hybridized carbons (Fsp3) is 0.688. The molecule has 3 nitrogen and oxygen atoms in total. The molecule has 108 valence electrons. The van der Waals surface area contributed by atoms with E-state index < -0.39 is 0 Å². The smallest absolute Gasteiger partial charge is 0.128 e.